The standard InChI is InChI=1S/C31H49NO11/c1-11-18(4)17-38-27(35)39-20(6)19(5)24(25(32)26(33)34)21-14-15-22(40-28(36)42-30(7,8)12-2)23(16-21)41-29(37)43-31(9,10)13-3/h14-16,18-20,24-25H,11-13,17,32H2,1-10H3,(H,33,34)/t18?,19?,20?,24?,25-/m0/s1. The molecule has 43 heavy (non-hydrogen) atoms. The van der Waals surface area contributed by atoms with Crippen molar-refractivity contribution in [3.63, 3.8) is 0 Å². The zero-order chi connectivity index (χ0) is 33.1. The number of carbonyl (C=O) groups excluding carboxylic acids is 3. The minimum Gasteiger partial charge on any atom is -0.480 e. The van der Waals surface area contributed by atoms with Crippen molar-refractivity contribution in [2.75, 3.05) is 6.61 Å². The second-order valence-electron chi connectivity index (χ2n) is 12.0. The van der Waals surface area contributed by atoms with Crippen molar-refractivity contribution in [2.24, 2.45) is 17.6 Å². The molecule has 1 rings (SSSR count). The van der Waals surface area contributed by atoms with Gasteiger partial charge in [0, 0.05) is 11.8 Å². The van der Waals surface area contributed by atoms with Gasteiger partial charge in [-0.2, -0.15) is 0 Å². The highest BCUT2D eigenvalue weighted by Crippen LogP contribution is 2.38. The molecule has 12 heteroatoms. The van der Waals surface area contributed by atoms with Gasteiger partial charge < -0.3 is 39.3 Å². The zero-order valence-corrected chi connectivity index (χ0v) is 27.1. The van der Waals surface area contributed by atoms with Gasteiger partial charge in [-0.1, -0.05) is 47.1 Å². The van der Waals surface area contributed by atoms with Crippen molar-refractivity contribution in [3.05, 3.63) is 23.8 Å². The summed E-state index contributed by atoms with van der Waals surface area (Å²) >= 11 is 0. The van der Waals surface area contributed by atoms with Crippen LogP contribution in [0.1, 0.15) is 100.0 Å². The van der Waals surface area contributed by atoms with Crippen molar-refractivity contribution in [1.82, 2.24) is 0 Å². The van der Waals surface area contributed by atoms with E-state index < -0.39 is 59.6 Å². The third-order valence-corrected chi connectivity index (χ3v) is 7.61. The molecular weight excluding hydrogens is 562 g/mol. The fourth-order valence-corrected chi connectivity index (χ4v) is 3.62. The van der Waals surface area contributed by atoms with Gasteiger partial charge in [-0.05, 0) is 71.1 Å². The molecule has 0 aromatic heterocycles. The lowest BCUT2D eigenvalue weighted by atomic mass is 9.79. The molecule has 3 N–H and O–H groups in total. The third kappa shape index (κ3) is 12.3. The van der Waals surface area contributed by atoms with E-state index in [0.29, 0.717) is 18.4 Å². The van der Waals surface area contributed by atoms with Gasteiger partial charge >= 0.3 is 24.4 Å². The highest BCUT2D eigenvalue weighted by atomic mass is 16.8. The van der Waals surface area contributed by atoms with Gasteiger partial charge in [-0.3, -0.25) is 4.79 Å². The monoisotopic (exact) mass is 611 g/mol. The summed E-state index contributed by atoms with van der Waals surface area (Å²) in [4.78, 5) is 49.6. The molecule has 5 atom stereocenters. The van der Waals surface area contributed by atoms with Gasteiger partial charge in [0.15, 0.2) is 11.5 Å². The first-order chi connectivity index (χ1) is 19.9. The molecule has 0 aliphatic carbocycles. The summed E-state index contributed by atoms with van der Waals surface area (Å²) in [7, 11) is 0. The van der Waals surface area contributed by atoms with Crippen LogP contribution in [0.4, 0.5) is 14.4 Å². The van der Waals surface area contributed by atoms with E-state index in [1.807, 2.05) is 27.7 Å². The quantitative estimate of drug-likeness (QED) is 0.121. The Hall–Kier alpha value is -3.54. The van der Waals surface area contributed by atoms with Gasteiger partial charge in [-0.25, -0.2) is 14.4 Å². The fraction of sp³-hybridized carbons (Fsp3) is 0.677. The number of rotatable bonds is 15. The van der Waals surface area contributed by atoms with Crippen molar-refractivity contribution in [1.29, 1.82) is 0 Å². The minimum atomic E-state index is -1.45. The second-order valence-corrected chi connectivity index (χ2v) is 12.0. The number of hydrogen-bond donors (Lipinski definition) is 2. The first kappa shape index (κ1) is 37.5. The average molecular weight is 612 g/mol. The molecule has 0 heterocycles. The van der Waals surface area contributed by atoms with E-state index in [2.05, 4.69) is 0 Å². The minimum absolute atomic E-state index is 0.146. The number of carboxylic acids is 1. The molecule has 1 aromatic carbocycles. The SMILES string of the molecule is CCC(C)COC(=O)OC(C)C(C)C(c1ccc(OC(=O)OC(C)(C)CC)c(OC(=O)OC(C)(C)CC)c1)[C@H](N)C(=O)O. The predicted molar refractivity (Wildman–Crippen MR) is 158 cm³/mol. The fourth-order valence-electron chi connectivity index (χ4n) is 3.62. The lowest BCUT2D eigenvalue weighted by molar-refractivity contribution is -0.139. The number of ether oxygens (including phenoxy) is 6. The molecule has 12 nitrogen and oxygen atoms in total. The van der Waals surface area contributed by atoms with Crippen LogP contribution in [-0.2, 0) is 23.7 Å². The summed E-state index contributed by atoms with van der Waals surface area (Å²) in [5.41, 5.74) is 4.78. The predicted octanol–water partition coefficient (Wildman–Crippen LogP) is 6.81. The number of hydrogen-bond acceptors (Lipinski definition) is 11. The Labute approximate surface area is 254 Å². The third-order valence-electron chi connectivity index (χ3n) is 7.61. The Morgan fingerprint density at radius 3 is 1.81 bits per heavy atom. The van der Waals surface area contributed by atoms with Crippen LogP contribution < -0.4 is 15.2 Å². The maximum absolute atomic E-state index is 12.7. The number of benzene rings is 1. The summed E-state index contributed by atoms with van der Waals surface area (Å²) < 4.78 is 32.2. The van der Waals surface area contributed by atoms with Gasteiger partial charge in [0.1, 0.15) is 23.3 Å². The van der Waals surface area contributed by atoms with Crippen LogP contribution in [0.3, 0.4) is 0 Å². The highest BCUT2D eigenvalue weighted by Gasteiger charge is 2.36. The van der Waals surface area contributed by atoms with E-state index in [0.717, 1.165) is 6.42 Å². The van der Waals surface area contributed by atoms with Crippen molar-refractivity contribution in [2.45, 2.75) is 118 Å². The van der Waals surface area contributed by atoms with Crippen LogP contribution in [0.25, 0.3) is 0 Å². The van der Waals surface area contributed by atoms with Crippen molar-refractivity contribution >= 4 is 24.4 Å². The Balaban J connectivity index is 3.46. The Kier molecular flexibility index (Phi) is 14.2. The van der Waals surface area contributed by atoms with Crippen LogP contribution in [0.15, 0.2) is 18.2 Å². The van der Waals surface area contributed by atoms with Crippen LogP contribution >= 0.6 is 0 Å². The van der Waals surface area contributed by atoms with E-state index in [4.69, 9.17) is 34.2 Å². The number of aliphatic carboxylic acids is 1. The van der Waals surface area contributed by atoms with E-state index in [9.17, 15) is 24.3 Å². The summed E-state index contributed by atoms with van der Waals surface area (Å²) in [5, 5.41) is 9.82. The molecule has 1 aromatic rings. The lowest BCUT2D eigenvalue weighted by Gasteiger charge is -2.31. The maximum Gasteiger partial charge on any atom is 0.514 e. The van der Waals surface area contributed by atoms with Crippen molar-refractivity contribution < 1.29 is 52.7 Å². The number of carbonyl (C=O) groups is 4. The van der Waals surface area contributed by atoms with Crippen molar-refractivity contribution in [3.8, 4) is 11.5 Å². The molecule has 0 saturated heterocycles. The molecule has 0 saturated carbocycles. The smallest absolute Gasteiger partial charge is 0.480 e. The first-order valence-electron chi connectivity index (χ1n) is 14.6. The van der Waals surface area contributed by atoms with Crippen LogP contribution in [0.5, 0.6) is 11.5 Å². The molecule has 0 aliphatic rings. The molecule has 0 fully saturated rings. The van der Waals surface area contributed by atoms with Gasteiger partial charge in [0.2, 0.25) is 0 Å². The van der Waals surface area contributed by atoms with E-state index in [1.54, 1.807) is 41.5 Å². The molecule has 0 radical (unpaired) electrons. The maximum atomic E-state index is 12.7. The first-order valence-corrected chi connectivity index (χ1v) is 14.6. The zero-order valence-electron chi connectivity index (χ0n) is 27.1. The Morgan fingerprint density at radius 2 is 1.35 bits per heavy atom. The molecule has 4 unspecified atom stereocenters. The van der Waals surface area contributed by atoms with Crippen LogP contribution in [-0.4, -0.2) is 59.5 Å². The highest BCUT2D eigenvalue weighted by molar-refractivity contribution is 5.75. The molecular formula is C31H49NO11. The normalized spacial score (nSPS) is 15.2. The average Bonchev–Trinajstić information content (AvgIpc) is 2.92. The van der Waals surface area contributed by atoms with Crippen LogP contribution in [0, 0.1) is 11.8 Å². The molecule has 0 spiro atoms. The van der Waals surface area contributed by atoms with E-state index in [-0.39, 0.29) is 24.0 Å². The largest absolute Gasteiger partial charge is 0.514 e. The van der Waals surface area contributed by atoms with Gasteiger partial charge in [-0.15, -0.1) is 0 Å². The van der Waals surface area contributed by atoms with Gasteiger partial charge in [0.05, 0.1) is 6.61 Å². The summed E-state index contributed by atoms with van der Waals surface area (Å²) in [6.07, 6.45) is -1.97. The Bertz CT molecular complexity index is 1100. The molecule has 0 aliphatic heterocycles. The summed E-state index contributed by atoms with van der Waals surface area (Å²) in [5.74, 6) is -3.14. The van der Waals surface area contributed by atoms with E-state index in [1.165, 1.54) is 18.2 Å². The number of nitrogens with two attached hydrogens (primary N) is 1. The van der Waals surface area contributed by atoms with Gasteiger partial charge in [0.25, 0.3) is 0 Å². The van der Waals surface area contributed by atoms with Crippen LogP contribution in [0.2, 0.25) is 0 Å². The summed E-state index contributed by atoms with van der Waals surface area (Å²) in [6, 6.07) is 2.72. The molecule has 244 valence electrons. The topological polar surface area (TPSA) is 170 Å². The lowest BCUT2D eigenvalue weighted by Crippen LogP contribution is -2.42. The molecule has 0 bridgehead atoms. The molecule has 0 amide bonds. The Morgan fingerprint density at radius 1 is 0.837 bits per heavy atom. The summed E-state index contributed by atoms with van der Waals surface area (Å²) in [6.45, 7) is 17.8. The van der Waals surface area contributed by atoms with E-state index >= 15 is 0 Å². The number of carboxylic acid groups (broad SMARTS) is 1. The second kappa shape index (κ2) is 16.3.